The number of nitrogens with one attached hydrogen (secondary N) is 1. The number of benzene rings is 1. The summed E-state index contributed by atoms with van der Waals surface area (Å²) in [5.74, 6) is 0.404. The van der Waals surface area contributed by atoms with Gasteiger partial charge in [-0.1, -0.05) is 19.1 Å². The zero-order chi connectivity index (χ0) is 16.2. The van der Waals surface area contributed by atoms with Gasteiger partial charge in [-0.3, -0.25) is 4.79 Å². The van der Waals surface area contributed by atoms with Crippen LogP contribution in [-0.4, -0.2) is 22.7 Å². The fraction of sp³-hybridized carbons (Fsp3) is 0.588. The maximum atomic E-state index is 12.2. The van der Waals surface area contributed by atoms with Crippen molar-refractivity contribution in [3.05, 3.63) is 29.3 Å². The van der Waals surface area contributed by atoms with Gasteiger partial charge in [-0.05, 0) is 52.7 Å². The number of aliphatic hydroxyl groups excluding tert-OH is 1. The van der Waals surface area contributed by atoms with E-state index in [4.69, 9.17) is 4.74 Å². The van der Waals surface area contributed by atoms with Crippen LogP contribution in [-0.2, 0) is 4.79 Å². The van der Waals surface area contributed by atoms with E-state index in [1.54, 1.807) is 13.8 Å². The summed E-state index contributed by atoms with van der Waals surface area (Å²) in [6.45, 7) is 11.3. The lowest BCUT2D eigenvalue weighted by Gasteiger charge is -2.27. The first-order chi connectivity index (χ1) is 9.66. The molecule has 0 aliphatic heterocycles. The van der Waals surface area contributed by atoms with Gasteiger partial charge in [0.1, 0.15) is 5.75 Å². The van der Waals surface area contributed by atoms with Gasteiger partial charge in [0.05, 0.1) is 6.10 Å². The number of carbonyl (C=O) groups is 1. The van der Waals surface area contributed by atoms with Crippen LogP contribution >= 0.6 is 0 Å². The van der Waals surface area contributed by atoms with E-state index in [9.17, 15) is 9.90 Å². The minimum Gasteiger partial charge on any atom is -0.481 e. The van der Waals surface area contributed by atoms with Gasteiger partial charge in [-0.2, -0.15) is 0 Å². The second kappa shape index (κ2) is 6.94. The number of hydrogen-bond acceptors (Lipinski definition) is 3. The molecule has 0 radical (unpaired) electrons. The molecule has 0 saturated carbocycles. The van der Waals surface area contributed by atoms with Crippen molar-refractivity contribution in [3.8, 4) is 5.75 Å². The Bertz CT molecular complexity index is 495. The highest BCUT2D eigenvalue weighted by Gasteiger charge is 2.23. The molecular weight excluding hydrogens is 266 g/mol. The van der Waals surface area contributed by atoms with Crippen LogP contribution in [0.25, 0.3) is 0 Å². The zero-order valence-electron chi connectivity index (χ0n) is 13.9. The van der Waals surface area contributed by atoms with E-state index in [0.717, 1.165) is 12.0 Å². The van der Waals surface area contributed by atoms with Crippen LogP contribution in [0.4, 0.5) is 0 Å². The van der Waals surface area contributed by atoms with E-state index < -0.39 is 12.2 Å². The molecule has 1 amide bonds. The van der Waals surface area contributed by atoms with Gasteiger partial charge in [-0.15, -0.1) is 0 Å². The lowest BCUT2D eigenvalue weighted by atomic mass is 10.0. The molecule has 0 spiro atoms. The fourth-order valence-corrected chi connectivity index (χ4v) is 1.86. The molecule has 0 aliphatic carbocycles. The molecule has 118 valence electrons. The van der Waals surface area contributed by atoms with Crippen molar-refractivity contribution in [1.29, 1.82) is 0 Å². The SMILES string of the molecule is CCC(C)(C)NC(=O)C(C)Oc1cc(C)ccc1[C@H](C)O. The predicted octanol–water partition coefficient (Wildman–Crippen LogP) is 3.12. The Morgan fingerprint density at radius 2 is 2.00 bits per heavy atom. The maximum absolute atomic E-state index is 12.2. The summed E-state index contributed by atoms with van der Waals surface area (Å²) in [6.07, 6.45) is -0.410. The van der Waals surface area contributed by atoms with Crippen LogP contribution in [0.2, 0.25) is 0 Å². The number of aryl methyl sites for hydroxylation is 1. The van der Waals surface area contributed by atoms with Gasteiger partial charge in [0.25, 0.3) is 5.91 Å². The maximum Gasteiger partial charge on any atom is 0.261 e. The number of carbonyl (C=O) groups excluding carboxylic acids is 1. The third-order valence-corrected chi connectivity index (χ3v) is 3.64. The minimum absolute atomic E-state index is 0.153. The zero-order valence-corrected chi connectivity index (χ0v) is 13.9. The number of rotatable bonds is 6. The molecule has 0 bridgehead atoms. The van der Waals surface area contributed by atoms with E-state index in [2.05, 4.69) is 5.32 Å². The summed E-state index contributed by atoms with van der Waals surface area (Å²) in [5, 5.41) is 12.8. The van der Waals surface area contributed by atoms with Gasteiger partial charge in [0, 0.05) is 11.1 Å². The number of ether oxygens (including phenoxy) is 1. The Morgan fingerprint density at radius 3 is 2.52 bits per heavy atom. The smallest absolute Gasteiger partial charge is 0.261 e. The molecule has 4 heteroatoms. The Labute approximate surface area is 127 Å². The Morgan fingerprint density at radius 1 is 1.38 bits per heavy atom. The highest BCUT2D eigenvalue weighted by molar-refractivity contribution is 5.81. The number of aliphatic hydroxyl groups is 1. The molecule has 0 saturated heterocycles. The standard InChI is InChI=1S/C17H27NO3/c1-7-17(5,6)18-16(20)13(4)21-15-10-11(2)8-9-14(15)12(3)19/h8-10,12-13,19H,7H2,1-6H3,(H,18,20)/t12-,13?/m0/s1. The molecule has 2 atom stereocenters. The number of amides is 1. The van der Waals surface area contributed by atoms with Crippen LogP contribution in [0, 0.1) is 6.92 Å². The molecular formula is C17H27NO3. The van der Waals surface area contributed by atoms with Gasteiger partial charge in [0.2, 0.25) is 0 Å². The minimum atomic E-state index is -0.636. The van der Waals surface area contributed by atoms with Crippen molar-refractivity contribution in [2.24, 2.45) is 0 Å². The predicted molar refractivity (Wildman–Crippen MR) is 84.4 cm³/mol. The van der Waals surface area contributed by atoms with Crippen LogP contribution in [0.3, 0.4) is 0 Å². The molecule has 0 fully saturated rings. The average molecular weight is 293 g/mol. The van der Waals surface area contributed by atoms with Gasteiger partial charge >= 0.3 is 0 Å². The first kappa shape index (κ1) is 17.5. The van der Waals surface area contributed by atoms with E-state index in [0.29, 0.717) is 11.3 Å². The molecule has 1 aromatic rings. The van der Waals surface area contributed by atoms with E-state index in [-0.39, 0.29) is 11.4 Å². The fourth-order valence-electron chi connectivity index (χ4n) is 1.86. The quantitative estimate of drug-likeness (QED) is 0.847. The van der Waals surface area contributed by atoms with Crippen molar-refractivity contribution in [1.82, 2.24) is 5.32 Å². The van der Waals surface area contributed by atoms with E-state index in [1.165, 1.54) is 0 Å². The van der Waals surface area contributed by atoms with Gasteiger partial charge < -0.3 is 15.2 Å². The molecule has 1 aromatic carbocycles. The number of hydrogen-bond donors (Lipinski definition) is 2. The third kappa shape index (κ3) is 5.05. The van der Waals surface area contributed by atoms with E-state index in [1.807, 2.05) is 45.9 Å². The van der Waals surface area contributed by atoms with Crippen molar-refractivity contribution in [2.45, 2.75) is 65.7 Å². The first-order valence-corrected chi connectivity index (χ1v) is 7.43. The second-order valence-corrected chi connectivity index (χ2v) is 6.20. The third-order valence-electron chi connectivity index (χ3n) is 3.64. The molecule has 0 aromatic heterocycles. The summed E-state index contributed by atoms with van der Waals surface area (Å²) < 4.78 is 5.77. The van der Waals surface area contributed by atoms with Crippen molar-refractivity contribution >= 4 is 5.91 Å². The largest absolute Gasteiger partial charge is 0.481 e. The second-order valence-electron chi connectivity index (χ2n) is 6.20. The Balaban J connectivity index is 2.85. The lowest BCUT2D eigenvalue weighted by Crippen LogP contribution is -2.48. The highest BCUT2D eigenvalue weighted by Crippen LogP contribution is 2.27. The summed E-state index contributed by atoms with van der Waals surface area (Å²) in [7, 11) is 0. The van der Waals surface area contributed by atoms with Crippen molar-refractivity contribution in [3.63, 3.8) is 0 Å². The molecule has 2 N–H and O–H groups in total. The van der Waals surface area contributed by atoms with Crippen LogP contribution in [0.15, 0.2) is 18.2 Å². The van der Waals surface area contributed by atoms with Gasteiger partial charge in [-0.25, -0.2) is 0 Å². The van der Waals surface area contributed by atoms with Crippen molar-refractivity contribution in [2.75, 3.05) is 0 Å². The molecule has 1 rings (SSSR count). The Kier molecular flexibility index (Phi) is 5.78. The molecule has 4 nitrogen and oxygen atoms in total. The molecule has 1 unspecified atom stereocenters. The molecule has 0 heterocycles. The lowest BCUT2D eigenvalue weighted by molar-refractivity contribution is -0.129. The average Bonchev–Trinajstić information content (AvgIpc) is 2.37. The first-order valence-electron chi connectivity index (χ1n) is 7.43. The summed E-state index contributed by atoms with van der Waals surface area (Å²) in [4.78, 5) is 12.2. The summed E-state index contributed by atoms with van der Waals surface area (Å²) >= 11 is 0. The molecule has 0 aliphatic rings. The topological polar surface area (TPSA) is 58.6 Å². The summed E-state index contributed by atoms with van der Waals surface area (Å²) in [6, 6.07) is 5.59. The van der Waals surface area contributed by atoms with Crippen LogP contribution in [0.5, 0.6) is 5.75 Å². The monoisotopic (exact) mass is 293 g/mol. The Hall–Kier alpha value is -1.55. The van der Waals surface area contributed by atoms with Crippen molar-refractivity contribution < 1.29 is 14.6 Å². The van der Waals surface area contributed by atoms with Gasteiger partial charge in [0.15, 0.2) is 6.10 Å². The molecule has 21 heavy (non-hydrogen) atoms. The normalized spacial score (nSPS) is 14.4. The van der Waals surface area contributed by atoms with Crippen LogP contribution in [0.1, 0.15) is 58.3 Å². The van der Waals surface area contributed by atoms with Crippen LogP contribution < -0.4 is 10.1 Å². The highest BCUT2D eigenvalue weighted by atomic mass is 16.5. The summed E-state index contributed by atoms with van der Waals surface area (Å²) in [5.41, 5.74) is 1.46. The van der Waals surface area contributed by atoms with E-state index >= 15 is 0 Å².